The van der Waals surface area contributed by atoms with Crippen molar-refractivity contribution in [3.63, 3.8) is 0 Å². The molecule has 0 radical (unpaired) electrons. The highest BCUT2D eigenvalue weighted by atomic mass is 79.9. The van der Waals surface area contributed by atoms with Crippen LogP contribution in [0, 0.1) is 12.7 Å². The average molecular weight is 313 g/mol. The maximum Gasteiger partial charge on any atom is 0.171 e. The zero-order valence-corrected chi connectivity index (χ0v) is 11.6. The third-order valence-electron chi connectivity index (χ3n) is 2.43. The molecule has 0 atom stereocenters. The first-order valence-electron chi connectivity index (χ1n) is 5.09. The van der Waals surface area contributed by atoms with Crippen LogP contribution >= 0.6 is 27.3 Å². The molecule has 1 nitrogen and oxygen atoms in total. The Hall–Kier alpha value is -1.00. The highest BCUT2D eigenvalue weighted by Crippen LogP contribution is 2.24. The van der Waals surface area contributed by atoms with E-state index in [1.54, 1.807) is 12.1 Å². The van der Waals surface area contributed by atoms with Gasteiger partial charge in [-0.05, 0) is 46.4 Å². The number of carbonyl (C=O) groups excluding carboxylic acids is 1. The number of rotatable bonds is 3. The predicted molar refractivity (Wildman–Crippen MR) is 71.2 cm³/mol. The Balaban J connectivity index is 2.26. The molecule has 0 fully saturated rings. The molecule has 0 N–H and O–H groups in total. The molecule has 1 aromatic heterocycles. The minimum Gasteiger partial charge on any atom is -0.294 e. The lowest BCUT2D eigenvalue weighted by Crippen LogP contribution is -2.05. The van der Waals surface area contributed by atoms with E-state index in [2.05, 4.69) is 15.9 Å². The second kappa shape index (κ2) is 5.10. The molecular formula is C13H10BrFOS. The minimum atomic E-state index is -0.451. The molecule has 0 aliphatic rings. The fourth-order valence-electron chi connectivity index (χ4n) is 1.55. The SMILES string of the molecule is Cc1ccc(F)c(C(=O)Cc2sccc2Br)c1. The van der Waals surface area contributed by atoms with Gasteiger partial charge in [0.1, 0.15) is 5.82 Å². The first-order valence-corrected chi connectivity index (χ1v) is 6.76. The van der Waals surface area contributed by atoms with E-state index in [9.17, 15) is 9.18 Å². The Morgan fingerprint density at radius 1 is 1.41 bits per heavy atom. The molecule has 2 rings (SSSR count). The van der Waals surface area contributed by atoms with Gasteiger partial charge in [-0.2, -0.15) is 0 Å². The van der Waals surface area contributed by atoms with E-state index in [1.165, 1.54) is 17.4 Å². The summed E-state index contributed by atoms with van der Waals surface area (Å²) in [5.74, 6) is -0.636. The lowest BCUT2D eigenvalue weighted by atomic mass is 10.0. The van der Waals surface area contributed by atoms with Gasteiger partial charge in [-0.25, -0.2) is 4.39 Å². The molecule has 0 aliphatic heterocycles. The van der Waals surface area contributed by atoms with Crippen molar-refractivity contribution in [3.8, 4) is 0 Å². The van der Waals surface area contributed by atoms with Gasteiger partial charge in [0.15, 0.2) is 5.78 Å². The van der Waals surface area contributed by atoms with Crippen molar-refractivity contribution in [3.05, 3.63) is 55.9 Å². The third-order valence-corrected chi connectivity index (χ3v) is 4.36. The van der Waals surface area contributed by atoms with Crippen LogP contribution in [0.4, 0.5) is 4.39 Å². The number of hydrogen-bond donors (Lipinski definition) is 0. The van der Waals surface area contributed by atoms with Gasteiger partial charge in [-0.15, -0.1) is 11.3 Å². The van der Waals surface area contributed by atoms with E-state index < -0.39 is 5.82 Å². The van der Waals surface area contributed by atoms with E-state index in [0.717, 1.165) is 14.9 Å². The van der Waals surface area contributed by atoms with Crippen LogP contribution in [0.25, 0.3) is 0 Å². The van der Waals surface area contributed by atoms with Crippen LogP contribution in [0.3, 0.4) is 0 Å². The topological polar surface area (TPSA) is 17.1 Å². The Morgan fingerprint density at radius 3 is 2.82 bits per heavy atom. The van der Waals surface area contributed by atoms with Gasteiger partial charge >= 0.3 is 0 Å². The number of thiophene rings is 1. The Morgan fingerprint density at radius 2 is 2.18 bits per heavy atom. The summed E-state index contributed by atoms with van der Waals surface area (Å²) in [5.41, 5.74) is 1.06. The van der Waals surface area contributed by atoms with Gasteiger partial charge in [0.05, 0.1) is 5.56 Å². The summed E-state index contributed by atoms with van der Waals surface area (Å²) in [6.07, 6.45) is 0.235. The fourth-order valence-corrected chi connectivity index (χ4v) is 3.04. The molecule has 17 heavy (non-hydrogen) atoms. The Labute approximate surface area is 111 Å². The standard InChI is InChI=1S/C13H10BrFOS/c1-8-2-3-11(15)9(6-8)12(16)7-13-10(14)4-5-17-13/h2-6H,7H2,1H3. The molecule has 0 bridgehead atoms. The number of aryl methyl sites for hydroxylation is 1. The number of halogens is 2. The third kappa shape index (κ3) is 2.82. The molecule has 0 aliphatic carbocycles. The van der Waals surface area contributed by atoms with Gasteiger partial charge in [0.2, 0.25) is 0 Å². The summed E-state index contributed by atoms with van der Waals surface area (Å²) in [6.45, 7) is 1.84. The summed E-state index contributed by atoms with van der Waals surface area (Å²) in [6, 6.07) is 6.48. The first kappa shape index (κ1) is 12.5. The quantitative estimate of drug-likeness (QED) is 0.768. The van der Waals surface area contributed by atoms with Crippen LogP contribution in [0.5, 0.6) is 0 Å². The highest BCUT2D eigenvalue weighted by molar-refractivity contribution is 9.10. The molecule has 1 aromatic carbocycles. The number of carbonyl (C=O) groups is 1. The number of Topliss-reactive ketones (excluding diaryl/α,β-unsaturated/α-hetero) is 1. The van der Waals surface area contributed by atoms with Gasteiger partial charge in [0, 0.05) is 15.8 Å². The zero-order valence-electron chi connectivity index (χ0n) is 9.17. The number of benzene rings is 1. The molecule has 0 amide bonds. The van der Waals surface area contributed by atoms with Crippen molar-refractivity contribution in [1.29, 1.82) is 0 Å². The monoisotopic (exact) mass is 312 g/mol. The smallest absolute Gasteiger partial charge is 0.171 e. The maximum atomic E-state index is 13.5. The average Bonchev–Trinajstić information content (AvgIpc) is 2.68. The van der Waals surface area contributed by atoms with Crippen LogP contribution < -0.4 is 0 Å². The highest BCUT2D eigenvalue weighted by Gasteiger charge is 2.14. The maximum absolute atomic E-state index is 13.5. The van der Waals surface area contributed by atoms with Crippen molar-refractivity contribution in [1.82, 2.24) is 0 Å². The summed E-state index contributed by atoms with van der Waals surface area (Å²) >= 11 is 4.86. The van der Waals surface area contributed by atoms with Crippen LogP contribution in [0.1, 0.15) is 20.8 Å². The van der Waals surface area contributed by atoms with Gasteiger partial charge in [-0.1, -0.05) is 11.6 Å². The molecule has 0 spiro atoms. The predicted octanol–water partition coefficient (Wildman–Crippen LogP) is 4.38. The summed E-state index contributed by atoms with van der Waals surface area (Å²) < 4.78 is 14.4. The molecule has 1 heterocycles. The van der Waals surface area contributed by atoms with Crippen molar-refractivity contribution >= 4 is 33.0 Å². The van der Waals surface area contributed by atoms with E-state index in [1.807, 2.05) is 18.4 Å². The van der Waals surface area contributed by atoms with Crippen molar-refractivity contribution in [2.24, 2.45) is 0 Å². The summed E-state index contributed by atoms with van der Waals surface area (Å²) in [7, 11) is 0. The molecule has 88 valence electrons. The van der Waals surface area contributed by atoms with Crippen molar-refractivity contribution < 1.29 is 9.18 Å². The number of hydrogen-bond acceptors (Lipinski definition) is 2. The molecule has 4 heteroatoms. The second-order valence-corrected chi connectivity index (χ2v) is 5.63. The van der Waals surface area contributed by atoms with Crippen LogP contribution in [-0.4, -0.2) is 5.78 Å². The largest absolute Gasteiger partial charge is 0.294 e. The van der Waals surface area contributed by atoms with E-state index in [0.29, 0.717) is 0 Å². The number of ketones is 1. The molecule has 0 saturated carbocycles. The van der Waals surface area contributed by atoms with Gasteiger partial charge in [0.25, 0.3) is 0 Å². The Kier molecular flexibility index (Phi) is 3.74. The molecular weight excluding hydrogens is 303 g/mol. The van der Waals surface area contributed by atoms with E-state index in [4.69, 9.17) is 0 Å². The van der Waals surface area contributed by atoms with Crippen LogP contribution in [-0.2, 0) is 6.42 Å². The first-order chi connectivity index (χ1) is 8.08. The second-order valence-electron chi connectivity index (χ2n) is 3.77. The minimum absolute atomic E-state index is 0.172. The summed E-state index contributed by atoms with van der Waals surface area (Å²) in [5, 5.41) is 1.90. The molecule has 0 saturated heterocycles. The van der Waals surface area contributed by atoms with Crippen molar-refractivity contribution in [2.45, 2.75) is 13.3 Å². The lowest BCUT2D eigenvalue weighted by Gasteiger charge is -2.03. The van der Waals surface area contributed by atoms with Gasteiger partial charge < -0.3 is 0 Å². The van der Waals surface area contributed by atoms with E-state index in [-0.39, 0.29) is 17.8 Å². The molecule has 2 aromatic rings. The van der Waals surface area contributed by atoms with Crippen LogP contribution in [0.2, 0.25) is 0 Å². The summed E-state index contributed by atoms with van der Waals surface area (Å²) in [4.78, 5) is 12.9. The zero-order chi connectivity index (χ0) is 12.4. The lowest BCUT2D eigenvalue weighted by molar-refractivity contribution is 0.0989. The Bertz CT molecular complexity index is 562. The van der Waals surface area contributed by atoms with Crippen LogP contribution in [0.15, 0.2) is 34.1 Å². The van der Waals surface area contributed by atoms with Crippen molar-refractivity contribution in [2.75, 3.05) is 0 Å². The van der Waals surface area contributed by atoms with E-state index >= 15 is 0 Å². The fraction of sp³-hybridized carbons (Fsp3) is 0.154. The molecule has 0 unspecified atom stereocenters. The normalized spacial score (nSPS) is 10.5. The van der Waals surface area contributed by atoms with Gasteiger partial charge in [-0.3, -0.25) is 4.79 Å².